The Morgan fingerprint density at radius 3 is 1.90 bits per heavy atom. The molecule has 0 radical (unpaired) electrons. The third kappa shape index (κ3) is 7.85. The minimum absolute atomic E-state index is 0.0757. The van der Waals surface area contributed by atoms with Gasteiger partial charge >= 0.3 is 0 Å². The van der Waals surface area contributed by atoms with Gasteiger partial charge in [0.1, 0.15) is 18.3 Å². The smallest absolute Gasteiger partial charge is 0.264 e. The molecule has 0 unspecified atom stereocenters. The van der Waals surface area contributed by atoms with Crippen molar-refractivity contribution in [3.05, 3.63) is 89.5 Å². The molecular formula is C31H39N3O5S. The first-order chi connectivity index (χ1) is 18.7. The molecule has 0 bridgehead atoms. The summed E-state index contributed by atoms with van der Waals surface area (Å²) in [7, 11) is -2.53. The summed E-state index contributed by atoms with van der Waals surface area (Å²) >= 11 is 0. The maximum absolute atomic E-state index is 14.0. The summed E-state index contributed by atoms with van der Waals surface area (Å²) in [5.41, 5.74) is 2.49. The highest BCUT2D eigenvalue weighted by molar-refractivity contribution is 7.92. The number of nitrogens with zero attached hydrogens (tertiary/aromatic N) is 2. The summed E-state index contributed by atoms with van der Waals surface area (Å²) in [6.07, 6.45) is 0. The molecule has 0 saturated heterocycles. The lowest BCUT2D eigenvalue weighted by Crippen LogP contribution is -2.54. The van der Waals surface area contributed by atoms with Crippen LogP contribution in [0.5, 0.6) is 5.75 Å². The first-order valence-corrected chi connectivity index (χ1v) is 14.6. The molecule has 3 rings (SSSR count). The predicted molar refractivity (Wildman–Crippen MR) is 158 cm³/mol. The summed E-state index contributed by atoms with van der Waals surface area (Å²) < 4.78 is 34.1. The van der Waals surface area contributed by atoms with Crippen LogP contribution in [0.2, 0.25) is 0 Å². The van der Waals surface area contributed by atoms with Crippen molar-refractivity contribution in [1.82, 2.24) is 10.2 Å². The Hall–Kier alpha value is -3.85. The van der Waals surface area contributed by atoms with Gasteiger partial charge < -0.3 is 15.0 Å². The van der Waals surface area contributed by atoms with Gasteiger partial charge in [-0.3, -0.25) is 13.9 Å². The van der Waals surface area contributed by atoms with E-state index in [0.29, 0.717) is 11.4 Å². The number of rotatable bonds is 10. The Balaban J connectivity index is 2.02. The van der Waals surface area contributed by atoms with Crippen LogP contribution >= 0.6 is 0 Å². The summed E-state index contributed by atoms with van der Waals surface area (Å²) in [5, 5.41) is 2.93. The topological polar surface area (TPSA) is 96.0 Å². The van der Waals surface area contributed by atoms with Crippen molar-refractivity contribution in [3.63, 3.8) is 0 Å². The largest absolute Gasteiger partial charge is 0.497 e. The summed E-state index contributed by atoms with van der Waals surface area (Å²) in [6, 6.07) is 19.8. The van der Waals surface area contributed by atoms with E-state index in [1.807, 2.05) is 46.8 Å². The van der Waals surface area contributed by atoms with Crippen LogP contribution in [0.1, 0.15) is 44.4 Å². The highest BCUT2D eigenvalue weighted by atomic mass is 32.2. The molecule has 1 atom stereocenters. The van der Waals surface area contributed by atoms with Crippen molar-refractivity contribution in [2.75, 3.05) is 18.0 Å². The lowest BCUT2D eigenvalue weighted by Gasteiger charge is -2.33. The standard InChI is InChI=1S/C31H39N3O5S/c1-22-8-14-26(15-9-22)34(40(37,38)28-18-10-23(2)11-19-28)21-29(35)33(24(3)30(36)32-31(4,5)6)20-25-12-16-27(39-7)17-13-25/h8-19,24H,20-21H2,1-7H3,(H,32,36)/t24-/m0/s1. The fraction of sp³-hybridized carbons (Fsp3) is 0.355. The number of benzene rings is 3. The third-order valence-electron chi connectivity index (χ3n) is 6.39. The van der Waals surface area contributed by atoms with Crippen LogP contribution in [0.25, 0.3) is 0 Å². The molecule has 3 aromatic rings. The number of ether oxygens (including phenoxy) is 1. The average molecular weight is 566 g/mol. The molecule has 0 aromatic heterocycles. The van der Waals surface area contributed by atoms with Crippen molar-refractivity contribution in [1.29, 1.82) is 0 Å². The van der Waals surface area contributed by atoms with Crippen LogP contribution in [-0.2, 0) is 26.2 Å². The fourth-order valence-corrected chi connectivity index (χ4v) is 5.48. The molecule has 2 amide bonds. The SMILES string of the molecule is COc1ccc(CN(C(=O)CN(c2ccc(C)cc2)S(=O)(=O)c2ccc(C)cc2)[C@@H](C)C(=O)NC(C)(C)C)cc1. The number of carbonyl (C=O) groups is 2. The molecule has 3 aromatic carbocycles. The van der Waals surface area contributed by atoms with Crippen molar-refractivity contribution in [2.24, 2.45) is 0 Å². The Labute approximate surface area is 238 Å². The van der Waals surface area contributed by atoms with Gasteiger partial charge in [0.25, 0.3) is 10.0 Å². The summed E-state index contributed by atoms with van der Waals surface area (Å²) in [5.74, 6) is -0.184. The van der Waals surface area contributed by atoms with Gasteiger partial charge in [-0.2, -0.15) is 0 Å². The maximum atomic E-state index is 14.0. The molecule has 1 N–H and O–H groups in total. The van der Waals surface area contributed by atoms with Crippen molar-refractivity contribution in [2.45, 2.75) is 64.6 Å². The molecule has 40 heavy (non-hydrogen) atoms. The number of amides is 2. The number of carbonyl (C=O) groups excluding carboxylic acids is 2. The second-order valence-corrected chi connectivity index (χ2v) is 12.8. The van der Waals surface area contributed by atoms with Crippen LogP contribution in [0.3, 0.4) is 0 Å². The maximum Gasteiger partial charge on any atom is 0.264 e. The average Bonchev–Trinajstić information content (AvgIpc) is 2.90. The van der Waals surface area contributed by atoms with Gasteiger partial charge in [0.2, 0.25) is 11.8 Å². The quantitative estimate of drug-likeness (QED) is 0.380. The predicted octanol–water partition coefficient (Wildman–Crippen LogP) is 4.84. The number of aryl methyl sites for hydroxylation is 2. The first-order valence-electron chi connectivity index (χ1n) is 13.1. The van der Waals surface area contributed by atoms with Gasteiger partial charge in [0, 0.05) is 12.1 Å². The van der Waals surface area contributed by atoms with E-state index < -0.39 is 34.1 Å². The van der Waals surface area contributed by atoms with E-state index >= 15 is 0 Å². The zero-order valence-corrected chi connectivity index (χ0v) is 25.1. The van der Waals surface area contributed by atoms with E-state index in [4.69, 9.17) is 4.74 Å². The number of methoxy groups -OCH3 is 1. The molecule has 0 spiro atoms. The highest BCUT2D eigenvalue weighted by Crippen LogP contribution is 2.25. The van der Waals surface area contributed by atoms with E-state index in [0.717, 1.165) is 21.0 Å². The molecule has 0 aliphatic heterocycles. The normalized spacial score (nSPS) is 12.4. The van der Waals surface area contributed by atoms with Crippen molar-refractivity contribution < 1.29 is 22.7 Å². The second-order valence-electron chi connectivity index (χ2n) is 10.9. The van der Waals surface area contributed by atoms with E-state index in [9.17, 15) is 18.0 Å². The van der Waals surface area contributed by atoms with Crippen molar-refractivity contribution in [3.8, 4) is 5.75 Å². The zero-order valence-electron chi connectivity index (χ0n) is 24.3. The van der Waals surface area contributed by atoms with Gasteiger partial charge in [-0.15, -0.1) is 0 Å². The van der Waals surface area contributed by atoms with E-state index in [1.165, 1.54) is 17.0 Å². The molecule has 9 heteroatoms. The second kappa shape index (κ2) is 12.6. The van der Waals surface area contributed by atoms with Crippen LogP contribution in [0.15, 0.2) is 77.7 Å². The molecule has 0 heterocycles. The Morgan fingerprint density at radius 2 is 1.40 bits per heavy atom. The van der Waals surface area contributed by atoms with Crippen LogP contribution < -0.4 is 14.4 Å². The fourth-order valence-electron chi connectivity index (χ4n) is 4.06. The molecule has 8 nitrogen and oxygen atoms in total. The summed E-state index contributed by atoms with van der Waals surface area (Å²) in [6.45, 7) is 10.6. The Bertz CT molecular complexity index is 1410. The summed E-state index contributed by atoms with van der Waals surface area (Å²) in [4.78, 5) is 28.6. The van der Waals surface area contributed by atoms with Gasteiger partial charge in [0.05, 0.1) is 17.7 Å². The Kier molecular flexibility index (Phi) is 9.63. The van der Waals surface area contributed by atoms with Gasteiger partial charge in [-0.1, -0.05) is 47.5 Å². The van der Waals surface area contributed by atoms with Gasteiger partial charge in [0.15, 0.2) is 0 Å². The van der Waals surface area contributed by atoms with Gasteiger partial charge in [-0.05, 0) is 83.5 Å². The van der Waals surface area contributed by atoms with E-state index in [2.05, 4.69) is 5.32 Å². The molecule has 214 valence electrons. The van der Waals surface area contributed by atoms with Crippen LogP contribution in [0, 0.1) is 13.8 Å². The number of nitrogens with one attached hydrogen (secondary N) is 1. The molecule has 0 aliphatic carbocycles. The van der Waals surface area contributed by atoms with Gasteiger partial charge in [-0.25, -0.2) is 8.42 Å². The lowest BCUT2D eigenvalue weighted by molar-refractivity contribution is -0.140. The number of hydrogen-bond donors (Lipinski definition) is 1. The molecule has 0 aliphatic rings. The number of sulfonamides is 1. The minimum Gasteiger partial charge on any atom is -0.497 e. The number of anilines is 1. The van der Waals surface area contributed by atoms with Crippen LogP contribution in [0.4, 0.5) is 5.69 Å². The van der Waals surface area contributed by atoms with Crippen molar-refractivity contribution >= 4 is 27.5 Å². The lowest BCUT2D eigenvalue weighted by atomic mass is 10.1. The number of hydrogen-bond acceptors (Lipinski definition) is 5. The third-order valence-corrected chi connectivity index (χ3v) is 8.18. The monoisotopic (exact) mass is 565 g/mol. The van der Waals surface area contributed by atoms with Crippen LogP contribution in [-0.4, -0.2) is 50.4 Å². The molecular weight excluding hydrogens is 526 g/mol. The Morgan fingerprint density at radius 1 is 0.875 bits per heavy atom. The van der Waals surface area contributed by atoms with E-state index in [-0.39, 0.29) is 17.3 Å². The van der Waals surface area contributed by atoms with E-state index in [1.54, 1.807) is 62.6 Å². The minimum atomic E-state index is -4.10. The first kappa shape index (κ1) is 30.7. The zero-order chi connectivity index (χ0) is 29.7. The molecule has 0 saturated carbocycles. The highest BCUT2D eigenvalue weighted by Gasteiger charge is 2.33. The molecule has 0 fully saturated rings.